The van der Waals surface area contributed by atoms with Crippen LogP contribution in [0.2, 0.25) is 0 Å². The molecule has 17 heavy (non-hydrogen) atoms. The Hall–Kier alpha value is -1.85. The van der Waals surface area contributed by atoms with E-state index in [1.165, 1.54) is 19.1 Å². The summed E-state index contributed by atoms with van der Waals surface area (Å²) >= 11 is 0. The van der Waals surface area contributed by atoms with Crippen molar-refractivity contribution in [3.8, 4) is 0 Å². The van der Waals surface area contributed by atoms with Crippen LogP contribution in [0.15, 0.2) is 35.4 Å². The molecule has 1 aliphatic rings. The molecule has 0 saturated heterocycles. The maximum absolute atomic E-state index is 12.6. The third kappa shape index (κ3) is 2.02. The average molecular weight is 242 g/mol. The van der Waals surface area contributed by atoms with E-state index in [-0.39, 0.29) is 0 Å². The number of para-hydroxylation sites is 1. The topological polar surface area (TPSA) is 32.7 Å². The maximum Gasteiger partial charge on any atom is 0.432 e. The molecule has 0 spiro atoms. The van der Waals surface area contributed by atoms with Gasteiger partial charge in [-0.15, -0.1) is 0 Å². The number of hydrogen-bond acceptors (Lipinski definition) is 2. The van der Waals surface area contributed by atoms with E-state index in [1.54, 1.807) is 18.2 Å². The van der Waals surface area contributed by atoms with E-state index < -0.39 is 23.7 Å². The average Bonchev–Trinajstić information content (AvgIpc) is 2.57. The van der Waals surface area contributed by atoms with Crippen molar-refractivity contribution in [2.45, 2.75) is 13.1 Å². The Bertz CT molecular complexity index is 467. The molecule has 1 aromatic carbocycles. The van der Waals surface area contributed by atoms with Crippen LogP contribution in [0.4, 0.5) is 18.9 Å². The van der Waals surface area contributed by atoms with Gasteiger partial charge in [-0.05, 0) is 19.1 Å². The van der Waals surface area contributed by atoms with Crippen LogP contribution < -0.4 is 5.01 Å². The fourth-order valence-electron chi connectivity index (χ4n) is 1.60. The molecule has 1 aromatic rings. The zero-order chi connectivity index (χ0) is 12.6. The van der Waals surface area contributed by atoms with E-state index in [4.69, 9.17) is 0 Å². The molecule has 90 valence electrons. The van der Waals surface area contributed by atoms with Gasteiger partial charge < -0.3 is 0 Å². The molecule has 0 bridgehead atoms. The first-order chi connectivity index (χ1) is 7.91. The first kappa shape index (κ1) is 11.6. The van der Waals surface area contributed by atoms with Gasteiger partial charge in [-0.2, -0.15) is 23.3 Å². The number of hydrazone groups is 1. The van der Waals surface area contributed by atoms with Crippen molar-refractivity contribution in [1.29, 1.82) is 0 Å². The lowest BCUT2D eigenvalue weighted by molar-refractivity contribution is -0.120. The minimum Gasteiger partial charge on any atom is -0.272 e. The van der Waals surface area contributed by atoms with Crippen molar-refractivity contribution in [2.24, 2.45) is 11.0 Å². The molecule has 0 N–H and O–H groups in total. The molecular formula is C11H9F3N2O. The van der Waals surface area contributed by atoms with Crippen molar-refractivity contribution in [3.05, 3.63) is 30.3 Å². The predicted octanol–water partition coefficient (Wildman–Crippen LogP) is 2.59. The van der Waals surface area contributed by atoms with Gasteiger partial charge >= 0.3 is 6.18 Å². The molecule has 0 aromatic heterocycles. The van der Waals surface area contributed by atoms with E-state index in [9.17, 15) is 18.0 Å². The summed E-state index contributed by atoms with van der Waals surface area (Å²) in [5.74, 6) is -1.92. The number of benzene rings is 1. The van der Waals surface area contributed by atoms with E-state index >= 15 is 0 Å². The molecule has 3 nitrogen and oxygen atoms in total. The Morgan fingerprint density at radius 3 is 2.29 bits per heavy atom. The summed E-state index contributed by atoms with van der Waals surface area (Å²) in [6.45, 7) is 1.21. The van der Waals surface area contributed by atoms with Gasteiger partial charge in [0.25, 0.3) is 5.91 Å². The van der Waals surface area contributed by atoms with Crippen LogP contribution in [0.1, 0.15) is 6.92 Å². The summed E-state index contributed by atoms with van der Waals surface area (Å²) in [5, 5.41) is 4.17. The first-order valence-corrected chi connectivity index (χ1v) is 4.96. The minimum atomic E-state index is -4.57. The molecule has 1 aliphatic heterocycles. The summed E-state index contributed by atoms with van der Waals surface area (Å²) in [6.07, 6.45) is -4.57. The number of halogens is 3. The van der Waals surface area contributed by atoms with Gasteiger partial charge in [0.15, 0.2) is 5.71 Å². The van der Waals surface area contributed by atoms with Crippen LogP contribution in [0.5, 0.6) is 0 Å². The molecule has 1 unspecified atom stereocenters. The molecule has 1 atom stereocenters. The van der Waals surface area contributed by atoms with Gasteiger partial charge in [0, 0.05) is 0 Å². The zero-order valence-corrected chi connectivity index (χ0v) is 8.90. The number of nitrogens with zero attached hydrogens (tertiary/aromatic N) is 2. The van der Waals surface area contributed by atoms with Gasteiger partial charge in [0.2, 0.25) is 0 Å². The number of carbonyl (C=O) groups is 1. The van der Waals surface area contributed by atoms with Crippen LogP contribution in [0.25, 0.3) is 0 Å². The molecular weight excluding hydrogens is 233 g/mol. The second-order valence-corrected chi connectivity index (χ2v) is 3.69. The van der Waals surface area contributed by atoms with Gasteiger partial charge in [-0.25, -0.2) is 0 Å². The third-order valence-corrected chi connectivity index (χ3v) is 2.49. The largest absolute Gasteiger partial charge is 0.432 e. The van der Waals surface area contributed by atoms with Gasteiger partial charge in [-0.3, -0.25) is 4.79 Å². The molecule has 2 rings (SSSR count). The minimum absolute atomic E-state index is 0.337. The molecule has 0 aliphatic carbocycles. The lowest BCUT2D eigenvalue weighted by Gasteiger charge is -2.11. The summed E-state index contributed by atoms with van der Waals surface area (Å²) in [6, 6.07) is 8.05. The molecule has 6 heteroatoms. The van der Waals surface area contributed by atoms with Crippen molar-refractivity contribution in [2.75, 3.05) is 5.01 Å². The molecule has 1 amide bonds. The Balaban J connectivity index is 2.39. The number of anilines is 1. The van der Waals surface area contributed by atoms with E-state index in [0.29, 0.717) is 5.69 Å². The second kappa shape index (κ2) is 3.87. The van der Waals surface area contributed by atoms with Crippen LogP contribution >= 0.6 is 0 Å². The fraction of sp³-hybridized carbons (Fsp3) is 0.273. The fourth-order valence-corrected chi connectivity index (χ4v) is 1.60. The van der Waals surface area contributed by atoms with Crippen LogP contribution in [0.3, 0.4) is 0 Å². The van der Waals surface area contributed by atoms with Crippen molar-refractivity contribution < 1.29 is 18.0 Å². The normalized spacial score (nSPS) is 20.7. The number of hydrogen-bond donors (Lipinski definition) is 0. The predicted molar refractivity (Wildman–Crippen MR) is 56.6 cm³/mol. The number of rotatable bonds is 1. The number of alkyl halides is 3. The van der Waals surface area contributed by atoms with Crippen LogP contribution in [0, 0.1) is 5.92 Å². The van der Waals surface area contributed by atoms with Crippen LogP contribution in [-0.2, 0) is 4.79 Å². The Morgan fingerprint density at radius 2 is 1.82 bits per heavy atom. The molecule has 0 fully saturated rings. The van der Waals surface area contributed by atoms with Crippen LogP contribution in [-0.4, -0.2) is 17.8 Å². The van der Waals surface area contributed by atoms with Gasteiger partial charge in [-0.1, -0.05) is 18.2 Å². The second-order valence-electron chi connectivity index (χ2n) is 3.69. The lowest BCUT2D eigenvalue weighted by Crippen LogP contribution is -2.31. The Kier molecular flexibility index (Phi) is 2.65. The van der Waals surface area contributed by atoms with E-state index in [1.807, 2.05) is 0 Å². The molecule has 0 radical (unpaired) electrons. The summed E-state index contributed by atoms with van der Waals surface area (Å²) < 4.78 is 37.7. The van der Waals surface area contributed by atoms with Gasteiger partial charge in [0.05, 0.1) is 11.6 Å². The van der Waals surface area contributed by atoms with Gasteiger partial charge in [0.1, 0.15) is 0 Å². The Labute approximate surface area is 95.5 Å². The molecule has 0 saturated carbocycles. The highest BCUT2D eigenvalue weighted by Crippen LogP contribution is 2.31. The standard InChI is InChI=1S/C11H9F3N2O/c1-7-9(11(12,13)14)15-16(10(7)17)8-5-3-2-4-6-8/h2-7H,1H3. The summed E-state index contributed by atoms with van der Waals surface area (Å²) in [7, 11) is 0. The van der Waals surface area contributed by atoms with Crippen molar-refractivity contribution in [1.82, 2.24) is 0 Å². The number of carbonyl (C=O) groups excluding carboxylic acids is 1. The van der Waals surface area contributed by atoms with Crippen molar-refractivity contribution in [3.63, 3.8) is 0 Å². The number of amides is 1. The highest BCUT2D eigenvalue weighted by atomic mass is 19.4. The molecule has 1 heterocycles. The smallest absolute Gasteiger partial charge is 0.272 e. The summed E-state index contributed by atoms with van der Waals surface area (Å²) in [5.41, 5.74) is -0.713. The first-order valence-electron chi connectivity index (χ1n) is 4.96. The van der Waals surface area contributed by atoms with E-state index in [0.717, 1.165) is 5.01 Å². The monoisotopic (exact) mass is 242 g/mol. The third-order valence-electron chi connectivity index (χ3n) is 2.49. The van der Waals surface area contributed by atoms with Crippen molar-refractivity contribution >= 4 is 17.3 Å². The Morgan fingerprint density at radius 1 is 1.24 bits per heavy atom. The zero-order valence-electron chi connectivity index (χ0n) is 8.90. The SMILES string of the molecule is CC1C(=O)N(c2ccccc2)N=C1C(F)(F)F. The highest BCUT2D eigenvalue weighted by molar-refractivity contribution is 6.17. The van der Waals surface area contributed by atoms with E-state index in [2.05, 4.69) is 5.10 Å². The summed E-state index contributed by atoms with van der Waals surface area (Å²) in [4.78, 5) is 11.7. The quantitative estimate of drug-likeness (QED) is 0.745. The lowest BCUT2D eigenvalue weighted by atomic mass is 10.1. The highest BCUT2D eigenvalue weighted by Gasteiger charge is 2.47. The maximum atomic E-state index is 12.6.